The highest BCUT2D eigenvalue weighted by Gasteiger charge is 2.18. The highest BCUT2D eigenvalue weighted by atomic mass is 15.2. The third-order valence-electron chi connectivity index (χ3n) is 2.99. The van der Waals surface area contributed by atoms with Crippen LogP contribution in [0.5, 0.6) is 0 Å². The number of nitrogens with zero attached hydrogens (tertiary/aromatic N) is 4. The fourth-order valence-corrected chi connectivity index (χ4v) is 2.08. The molecule has 1 rings (SSSR count). The molecule has 1 aromatic rings. The Hall–Kier alpha value is -1.63. The van der Waals surface area contributed by atoms with Crippen LogP contribution in [0.25, 0.3) is 0 Å². The monoisotopic (exact) mass is 246 g/mol. The zero-order valence-electron chi connectivity index (χ0n) is 11.7. The molecule has 4 heteroatoms. The van der Waals surface area contributed by atoms with Crippen LogP contribution < -0.4 is 4.90 Å². The van der Waals surface area contributed by atoms with Crippen molar-refractivity contribution in [2.24, 2.45) is 5.92 Å². The molecule has 4 nitrogen and oxygen atoms in total. The molecule has 98 valence electrons. The van der Waals surface area contributed by atoms with E-state index in [-0.39, 0.29) is 0 Å². The molecule has 0 aliphatic carbocycles. The normalized spacial score (nSPS) is 10.7. The smallest absolute Gasteiger partial charge is 0.158 e. The first kappa shape index (κ1) is 14.4. The van der Waals surface area contributed by atoms with Gasteiger partial charge in [-0.15, -0.1) is 0 Å². The molecule has 0 bridgehead atoms. The minimum atomic E-state index is 0.368. The van der Waals surface area contributed by atoms with E-state index in [4.69, 9.17) is 5.26 Å². The van der Waals surface area contributed by atoms with Crippen LogP contribution in [0.3, 0.4) is 0 Å². The van der Waals surface area contributed by atoms with Gasteiger partial charge >= 0.3 is 0 Å². The molecule has 0 radical (unpaired) electrons. The van der Waals surface area contributed by atoms with E-state index < -0.39 is 0 Å². The zero-order valence-corrected chi connectivity index (χ0v) is 11.7. The van der Waals surface area contributed by atoms with Crippen molar-refractivity contribution < 1.29 is 0 Å². The summed E-state index contributed by atoms with van der Waals surface area (Å²) in [6.45, 7) is 9.75. The van der Waals surface area contributed by atoms with E-state index in [9.17, 15) is 0 Å². The quantitative estimate of drug-likeness (QED) is 0.774. The Labute approximate surface area is 110 Å². The number of aromatic nitrogens is 2. The summed E-state index contributed by atoms with van der Waals surface area (Å²) in [5.74, 6) is 1.44. The Bertz CT molecular complexity index is 387. The van der Waals surface area contributed by atoms with Gasteiger partial charge in [0.2, 0.25) is 0 Å². The zero-order chi connectivity index (χ0) is 13.5. The highest BCUT2D eigenvalue weighted by molar-refractivity contribution is 5.38. The highest BCUT2D eigenvalue weighted by Crippen LogP contribution is 2.19. The van der Waals surface area contributed by atoms with Crippen molar-refractivity contribution in [1.82, 2.24) is 9.97 Å². The molecular formula is C14H22N4. The lowest BCUT2D eigenvalue weighted by molar-refractivity contribution is 0.502. The average molecular weight is 246 g/mol. The maximum absolute atomic E-state index is 8.75. The standard InChI is InChI=1S/C14H22N4/c1-5-13(6-2)18(10-11(3)4)14-9-16-12(7-15)8-17-14/h8-9,11,13H,5-6,10H2,1-4H3. The Balaban J connectivity index is 2.97. The maximum Gasteiger partial charge on any atom is 0.158 e. The minimum absolute atomic E-state index is 0.368. The molecule has 0 aliphatic heterocycles. The number of rotatable bonds is 6. The van der Waals surface area contributed by atoms with Crippen LogP contribution in [0.4, 0.5) is 5.82 Å². The van der Waals surface area contributed by atoms with Crippen LogP contribution in [0.1, 0.15) is 46.2 Å². The van der Waals surface area contributed by atoms with Gasteiger partial charge in [-0.1, -0.05) is 27.7 Å². The summed E-state index contributed by atoms with van der Waals surface area (Å²) >= 11 is 0. The molecule has 1 heterocycles. The lowest BCUT2D eigenvalue weighted by atomic mass is 10.1. The van der Waals surface area contributed by atoms with E-state index >= 15 is 0 Å². The van der Waals surface area contributed by atoms with E-state index in [1.165, 1.54) is 0 Å². The van der Waals surface area contributed by atoms with Crippen molar-refractivity contribution in [3.8, 4) is 6.07 Å². The molecule has 1 aromatic heterocycles. The van der Waals surface area contributed by atoms with Gasteiger partial charge in [-0.3, -0.25) is 0 Å². The third kappa shape index (κ3) is 3.69. The van der Waals surface area contributed by atoms with Gasteiger partial charge in [0.05, 0.1) is 12.4 Å². The maximum atomic E-state index is 8.75. The molecule has 0 N–H and O–H groups in total. The van der Waals surface area contributed by atoms with E-state index in [1.54, 1.807) is 12.4 Å². The van der Waals surface area contributed by atoms with Gasteiger partial charge in [0.25, 0.3) is 0 Å². The summed E-state index contributed by atoms with van der Waals surface area (Å²) in [7, 11) is 0. The number of nitriles is 1. The van der Waals surface area contributed by atoms with Gasteiger partial charge in [0.1, 0.15) is 11.9 Å². The van der Waals surface area contributed by atoms with Crippen molar-refractivity contribution >= 4 is 5.82 Å². The molecular weight excluding hydrogens is 224 g/mol. The second kappa shape index (κ2) is 6.95. The van der Waals surface area contributed by atoms with Gasteiger partial charge in [0.15, 0.2) is 5.69 Å². The topological polar surface area (TPSA) is 52.8 Å². The first-order valence-electron chi connectivity index (χ1n) is 6.61. The second-order valence-corrected chi connectivity index (χ2v) is 4.89. The van der Waals surface area contributed by atoms with Crippen LogP contribution in [0.2, 0.25) is 0 Å². The van der Waals surface area contributed by atoms with Crippen molar-refractivity contribution in [2.45, 2.75) is 46.6 Å². The average Bonchev–Trinajstić information content (AvgIpc) is 2.38. The summed E-state index contributed by atoms with van der Waals surface area (Å²) in [6, 6.07) is 2.48. The largest absolute Gasteiger partial charge is 0.352 e. The lowest BCUT2D eigenvalue weighted by Gasteiger charge is -2.32. The summed E-state index contributed by atoms with van der Waals surface area (Å²) < 4.78 is 0. The van der Waals surface area contributed by atoms with Crippen molar-refractivity contribution in [3.63, 3.8) is 0 Å². The van der Waals surface area contributed by atoms with E-state index in [1.807, 2.05) is 6.07 Å². The first-order valence-corrected chi connectivity index (χ1v) is 6.61. The van der Waals surface area contributed by atoms with Gasteiger partial charge in [0, 0.05) is 12.6 Å². The second-order valence-electron chi connectivity index (χ2n) is 4.89. The molecule has 0 saturated carbocycles. The van der Waals surface area contributed by atoms with Crippen LogP contribution in [-0.2, 0) is 0 Å². The van der Waals surface area contributed by atoms with E-state index in [2.05, 4.69) is 42.6 Å². The number of hydrogen-bond donors (Lipinski definition) is 0. The van der Waals surface area contributed by atoms with Crippen LogP contribution in [0, 0.1) is 17.2 Å². The Kier molecular flexibility index (Phi) is 5.57. The number of anilines is 1. The van der Waals surface area contributed by atoms with Crippen molar-refractivity contribution in [2.75, 3.05) is 11.4 Å². The van der Waals surface area contributed by atoms with Crippen LogP contribution in [-0.4, -0.2) is 22.6 Å². The van der Waals surface area contributed by atoms with Crippen LogP contribution in [0.15, 0.2) is 12.4 Å². The van der Waals surface area contributed by atoms with E-state index in [0.717, 1.165) is 25.2 Å². The predicted molar refractivity (Wildman–Crippen MR) is 73.3 cm³/mol. The molecule has 0 amide bonds. The summed E-state index contributed by atoms with van der Waals surface area (Å²) in [5, 5.41) is 8.75. The molecule has 0 aliphatic rings. The van der Waals surface area contributed by atoms with Gasteiger partial charge in [-0.05, 0) is 18.8 Å². The van der Waals surface area contributed by atoms with Crippen LogP contribution >= 0.6 is 0 Å². The molecule has 0 aromatic carbocycles. The molecule has 18 heavy (non-hydrogen) atoms. The first-order chi connectivity index (χ1) is 8.62. The SMILES string of the molecule is CCC(CC)N(CC(C)C)c1cnc(C#N)cn1. The Morgan fingerprint density at radius 3 is 2.28 bits per heavy atom. The van der Waals surface area contributed by atoms with E-state index in [0.29, 0.717) is 17.7 Å². The Morgan fingerprint density at radius 1 is 1.22 bits per heavy atom. The lowest BCUT2D eigenvalue weighted by Crippen LogP contribution is -2.38. The van der Waals surface area contributed by atoms with Gasteiger partial charge < -0.3 is 4.90 Å². The third-order valence-corrected chi connectivity index (χ3v) is 2.99. The molecule has 0 saturated heterocycles. The summed E-state index contributed by atoms with van der Waals surface area (Å²) in [4.78, 5) is 10.8. The van der Waals surface area contributed by atoms with Crippen molar-refractivity contribution in [1.29, 1.82) is 5.26 Å². The molecule has 0 unspecified atom stereocenters. The molecule has 0 atom stereocenters. The van der Waals surface area contributed by atoms with Crippen molar-refractivity contribution in [3.05, 3.63) is 18.1 Å². The fraction of sp³-hybridized carbons (Fsp3) is 0.643. The number of hydrogen-bond acceptors (Lipinski definition) is 4. The molecule has 0 fully saturated rings. The minimum Gasteiger partial charge on any atom is -0.352 e. The van der Waals surface area contributed by atoms with Gasteiger partial charge in [-0.2, -0.15) is 5.26 Å². The van der Waals surface area contributed by atoms with Gasteiger partial charge in [-0.25, -0.2) is 9.97 Å². The molecule has 0 spiro atoms. The predicted octanol–water partition coefficient (Wildman–Crippen LogP) is 3.00. The summed E-state index contributed by atoms with van der Waals surface area (Å²) in [6.07, 6.45) is 5.43. The fourth-order valence-electron chi connectivity index (χ4n) is 2.08. The Morgan fingerprint density at radius 2 is 1.89 bits per heavy atom. The summed E-state index contributed by atoms with van der Waals surface area (Å²) in [5.41, 5.74) is 0.368.